The second-order valence-electron chi connectivity index (χ2n) is 4.73. The van der Waals surface area contributed by atoms with Crippen LogP contribution in [-0.4, -0.2) is 43.1 Å². The Balaban J connectivity index is 1.72. The smallest absolute Gasteiger partial charge is 0.195 e. The maximum absolute atomic E-state index is 5.70. The van der Waals surface area contributed by atoms with Gasteiger partial charge in [-0.05, 0) is 33.0 Å². The van der Waals surface area contributed by atoms with Gasteiger partial charge in [-0.25, -0.2) is 4.98 Å². The normalized spacial score (nSPS) is 17.5. The zero-order valence-electron chi connectivity index (χ0n) is 10.7. The highest BCUT2D eigenvalue weighted by atomic mass is 16.4. The van der Waals surface area contributed by atoms with Crippen molar-refractivity contribution in [2.45, 2.75) is 32.1 Å². The van der Waals surface area contributed by atoms with E-state index in [1.807, 2.05) is 13.2 Å². The molecule has 1 aromatic rings. The molecular weight excluding hydrogens is 214 g/mol. The van der Waals surface area contributed by atoms with E-state index in [0.717, 1.165) is 37.6 Å². The van der Waals surface area contributed by atoms with Crippen LogP contribution in [0.2, 0.25) is 0 Å². The zero-order chi connectivity index (χ0) is 11.9. The molecule has 0 radical (unpaired) electrons. The molecule has 0 atom stereocenters. The van der Waals surface area contributed by atoms with Crippen LogP contribution in [0.5, 0.6) is 0 Å². The van der Waals surface area contributed by atoms with Gasteiger partial charge in [0.05, 0.1) is 6.20 Å². The maximum Gasteiger partial charge on any atom is 0.195 e. The monoisotopic (exact) mass is 237 g/mol. The summed E-state index contributed by atoms with van der Waals surface area (Å²) in [5.41, 5.74) is 0. The molecule has 0 aromatic carbocycles. The molecule has 1 N–H and O–H groups in total. The third-order valence-electron chi connectivity index (χ3n) is 3.31. The van der Waals surface area contributed by atoms with Crippen LogP contribution < -0.4 is 5.32 Å². The molecular formula is C13H23N3O. The van der Waals surface area contributed by atoms with E-state index >= 15 is 0 Å². The van der Waals surface area contributed by atoms with Gasteiger partial charge in [0.1, 0.15) is 5.76 Å². The van der Waals surface area contributed by atoms with Crippen molar-refractivity contribution in [3.63, 3.8) is 0 Å². The van der Waals surface area contributed by atoms with E-state index in [9.17, 15) is 0 Å². The number of nitrogens with zero attached hydrogens (tertiary/aromatic N) is 2. The van der Waals surface area contributed by atoms with Gasteiger partial charge >= 0.3 is 0 Å². The minimum atomic E-state index is 0.890. The lowest BCUT2D eigenvalue weighted by Gasteiger charge is -2.25. The number of nitrogens with one attached hydrogen (secondary N) is 1. The second kappa shape index (κ2) is 6.77. The van der Waals surface area contributed by atoms with Crippen molar-refractivity contribution in [1.82, 2.24) is 15.2 Å². The van der Waals surface area contributed by atoms with Crippen LogP contribution in [0.1, 0.15) is 30.9 Å². The van der Waals surface area contributed by atoms with Gasteiger partial charge in [0.25, 0.3) is 0 Å². The van der Waals surface area contributed by atoms with Crippen LogP contribution in [0.25, 0.3) is 0 Å². The molecule has 1 aliphatic rings. The van der Waals surface area contributed by atoms with Crippen LogP contribution in [0.3, 0.4) is 0 Å². The lowest BCUT2D eigenvalue weighted by atomic mass is 10.1. The molecule has 4 heteroatoms. The zero-order valence-corrected chi connectivity index (χ0v) is 10.7. The van der Waals surface area contributed by atoms with E-state index in [1.54, 1.807) is 0 Å². The van der Waals surface area contributed by atoms with E-state index in [0.29, 0.717) is 0 Å². The van der Waals surface area contributed by atoms with Gasteiger partial charge in [-0.15, -0.1) is 0 Å². The molecule has 96 valence electrons. The Morgan fingerprint density at radius 1 is 1.29 bits per heavy atom. The molecule has 0 bridgehead atoms. The molecule has 4 nitrogen and oxygen atoms in total. The molecule has 1 aliphatic heterocycles. The number of oxazole rings is 1. The van der Waals surface area contributed by atoms with Crippen molar-refractivity contribution in [3.05, 3.63) is 17.8 Å². The summed E-state index contributed by atoms with van der Waals surface area (Å²) in [6.07, 6.45) is 7.82. The van der Waals surface area contributed by atoms with Crippen LogP contribution in [0.4, 0.5) is 0 Å². The number of rotatable bonds is 6. The molecule has 1 aromatic heterocycles. The van der Waals surface area contributed by atoms with E-state index in [4.69, 9.17) is 4.42 Å². The topological polar surface area (TPSA) is 41.3 Å². The molecule has 0 aliphatic carbocycles. The Labute approximate surface area is 103 Å². The number of piperidine rings is 1. The first kappa shape index (κ1) is 12.6. The van der Waals surface area contributed by atoms with Gasteiger partial charge in [-0.1, -0.05) is 6.42 Å². The molecule has 2 heterocycles. The van der Waals surface area contributed by atoms with Crippen LogP contribution >= 0.6 is 0 Å². The first-order valence-electron chi connectivity index (χ1n) is 6.69. The second-order valence-corrected chi connectivity index (χ2v) is 4.73. The van der Waals surface area contributed by atoms with E-state index in [2.05, 4.69) is 15.2 Å². The average molecular weight is 237 g/mol. The first-order chi connectivity index (χ1) is 8.38. The molecule has 17 heavy (non-hydrogen) atoms. The summed E-state index contributed by atoms with van der Waals surface area (Å²) in [6, 6.07) is 0. The quantitative estimate of drug-likeness (QED) is 0.813. The predicted octanol–water partition coefficient (Wildman–Crippen LogP) is 1.46. The summed E-state index contributed by atoms with van der Waals surface area (Å²) in [5.74, 6) is 1.88. The Morgan fingerprint density at radius 2 is 2.12 bits per heavy atom. The van der Waals surface area contributed by atoms with E-state index < -0.39 is 0 Å². The third-order valence-corrected chi connectivity index (χ3v) is 3.31. The first-order valence-corrected chi connectivity index (χ1v) is 6.69. The summed E-state index contributed by atoms with van der Waals surface area (Å²) < 4.78 is 5.70. The Bertz CT molecular complexity index is 318. The summed E-state index contributed by atoms with van der Waals surface area (Å²) in [7, 11) is 1.95. The van der Waals surface area contributed by atoms with Gasteiger partial charge in [0, 0.05) is 25.9 Å². The standard InChI is InChI=1S/C13H23N3O/c1-14-7-5-12-11-15-13(17-12)6-10-16-8-3-2-4-9-16/h11,14H,2-10H2,1H3. The fraction of sp³-hybridized carbons (Fsp3) is 0.769. The predicted molar refractivity (Wildman–Crippen MR) is 68.1 cm³/mol. The summed E-state index contributed by atoms with van der Waals surface area (Å²) in [4.78, 5) is 6.85. The number of hydrogen-bond donors (Lipinski definition) is 1. The fourth-order valence-corrected chi connectivity index (χ4v) is 2.26. The molecule has 1 saturated heterocycles. The third kappa shape index (κ3) is 4.13. The highest BCUT2D eigenvalue weighted by molar-refractivity contribution is 4.95. The lowest BCUT2D eigenvalue weighted by Crippen LogP contribution is -2.31. The summed E-state index contributed by atoms with van der Waals surface area (Å²) in [6.45, 7) is 4.52. The fourth-order valence-electron chi connectivity index (χ4n) is 2.26. The largest absolute Gasteiger partial charge is 0.446 e. The number of likely N-dealkylation sites (tertiary alicyclic amines) is 1. The highest BCUT2D eigenvalue weighted by Gasteiger charge is 2.11. The Hall–Kier alpha value is -0.870. The molecule has 0 spiro atoms. The van der Waals surface area contributed by atoms with Crippen LogP contribution in [0, 0.1) is 0 Å². The van der Waals surface area contributed by atoms with Gasteiger partial charge < -0.3 is 14.6 Å². The lowest BCUT2D eigenvalue weighted by molar-refractivity contribution is 0.225. The average Bonchev–Trinajstić information content (AvgIpc) is 2.83. The van der Waals surface area contributed by atoms with Crippen LogP contribution in [-0.2, 0) is 12.8 Å². The van der Waals surface area contributed by atoms with Crippen molar-refractivity contribution in [2.75, 3.05) is 33.2 Å². The molecule has 2 rings (SSSR count). The summed E-state index contributed by atoms with van der Waals surface area (Å²) in [5, 5.41) is 3.11. The molecule has 1 fully saturated rings. The summed E-state index contributed by atoms with van der Waals surface area (Å²) >= 11 is 0. The molecule has 0 amide bonds. The number of likely N-dealkylation sites (N-methyl/N-ethyl adjacent to an activating group) is 1. The minimum Gasteiger partial charge on any atom is -0.446 e. The maximum atomic E-state index is 5.70. The Morgan fingerprint density at radius 3 is 2.88 bits per heavy atom. The Kier molecular flexibility index (Phi) is 5.01. The minimum absolute atomic E-state index is 0.890. The highest BCUT2D eigenvalue weighted by Crippen LogP contribution is 2.10. The molecule has 0 unspecified atom stereocenters. The molecule has 0 saturated carbocycles. The van der Waals surface area contributed by atoms with Crippen molar-refractivity contribution >= 4 is 0 Å². The van der Waals surface area contributed by atoms with Crippen molar-refractivity contribution in [1.29, 1.82) is 0 Å². The SMILES string of the molecule is CNCCc1cnc(CCN2CCCCC2)o1. The van der Waals surface area contributed by atoms with E-state index in [-0.39, 0.29) is 0 Å². The number of hydrogen-bond acceptors (Lipinski definition) is 4. The van der Waals surface area contributed by atoms with E-state index in [1.165, 1.54) is 32.4 Å². The number of aromatic nitrogens is 1. The van der Waals surface area contributed by atoms with Crippen molar-refractivity contribution < 1.29 is 4.42 Å². The van der Waals surface area contributed by atoms with Gasteiger partial charge in [0.15, 0.2) is 5.89 Å². The van der Waals surface area contributed by atoms with Gasteiger partial charge in [-0.3, -0.25) is 0 Å². The van der Waals surface area contributed by atoms with Crippen molar-refractivity contribution in [2.24, 2.45) is 0 Å². The van der Waals surface area contributed by atoms with Crippen LogP contribution in [0.15, 0.2) is 10.6 Å². The van der Waals surface area contributed by atoms with Crippen molar-refractivity contribution in [3.8, 4) is 0 Å². The van der Waals surface area contributed by atoms with Gasteiger partial charge in [-0.2, -0.15) is 0 Å². The van der Waals surface area contributed by atoms with Gasteiger partial charge in [0.2, 0.25) is 0 Å².